The lowest BCUT2D eigenvalue weighted by Gasteiger charge is -2.13. The van der Waals surface area contributed by atoms with Gasteiger partial charge < -0.3 is 15.2 Å². The highest BCUT2D eigenvalue weighted by Gasteiger charge is 2.14. The Morgan fingerprint density at radius 1 is 1.21 bits per heavy atom. The van der Waals surface area contributed by atoms with E-state index in [4.69, 9.17) is 4.99 Å². The summed E-state index contributed by atoms with van der Waals surface area (Å²) in [6.45, 7) is 4.88. The third-order valence-corrected chi connectivity index (χ3v) is 5.42. The number of benzene rings is 1. The van der Waals surface area contributed by atoms with Crippen LogP contribution in [0.1, 0.15) is 49.0 Å². The zero-order valence-electron chi connectivity index (χ0n) is 16.7. The zero-order valence-corrected chi connectivity index (χ0v) is 17.5. The molecule has 2 heterocycles. The molecule has 1 aliphatic rings. The number of nitrogens with zero attached hydrogens (tertiary/aromatic N) is 4. The highest BCUT2D eigenvalue weighted by Crippen LogP contribution is 2.18. The van der Waals surface area contributed by atoms with E-state index in [0.717, 1.165) is 54.0 Å². The van der Waals surface area contributed by atoms with E-state index in [1.54, 1.807) is 17.8 Å². The van der Waals surface area contributed by atoms with E-state index in [2.05, 4.69) is 25.4 Å². The minimum Gasteiger partial charge on any atom is -0.357 e. The molecule has 0 spiro atoms. The van der Waals surface area contributed by atoms with Crippen LogP contribution in [0.25, 0.3) is 0 Å². The van der Waals surface area contributed by atoms with E-state index in [-0.39, 0.29) is 5.82 Å². The van der Waals surface area contributed by atoms with E-state index >= 15 is 0 Å². The molecule has 0 amide bonds. The number of aliphatic imine (C=N–C) groups is 1. The standard InChI is InChI=1S/C20H29FN6S/c1-3-22-20(23-12-15-8-9-17(21)11-16(15)14-28-2)24-13-19-26-25-18-7-5-4-6-10-27(18)19/h8-9,11H,3-7,10,12-14H2,1-2H3,(H2,22,23,24). The molecule has 0 unspecified atom stereocenters. The molecule has 2 N–H and O–H groups in total. The number of aromatic nitrogens is 3. The number of rotatable bonds is 7. The van der Waals surface area contributed by atoms with Gasteiger partial charge in [-0.25, -0.2) is 9.38 Å². The molecule has 0 bridgehead atoms. The van der Waals surface area contributed by atoms with E-state index in [9.17, 15) is 4.39 Å². The quantitative estimate of drug-likeness (QED) is 0.548. The summed E-state index contributed by atoms with van der Waals surface area (Å²) in [4.78, 5) is 4.69. The molecule has 3 rings (SSSR count). The molecule has 0 saturated carbocycles. The Morgan fingerprint density at radius 3 is 2.93 bits per heavy atom. The Labute approximate surface area is 170 Å². The average molecular weight is 405 g/mol. The summed E-state index contributed by atoms with van der Waals surface area (Å²) in [5, 5.41) is 15.3. The van der Waals surface area contributed by atoms with E-state index in [1.807, 2.05) is 19.2 Å². The molecule has 0 fully saturated rings. The van der Waals surface area contributed by atoms with Crippen LogP contribution in [-0.2, 0) is 31.8 Å². The van der Waals surface area contributed by atoms with Crippen LogP contribution in [0.4, 0.5) is 4.39 Å². The van der Waals surface area contributed by atoms with Gasteiger partial charge in [-0.3, -0.25) is 0 Å². The molecule has 1 aromatic heterocycles. The summed E-state index contributed by atoms with van der Waals surface area (Å²) in [6, 6.07) is 4.93. The maximum atomic E-state index is 13.5. The summed E-state index contributed by atoms with van der Waals surface area (Å²) in [5.74, 6) is 3.34. The number of fused-ring (bicyclic) bond motifs is 1. The van der Waals surface area contributed by atoms with Crippen LogP contribution >= 0.6 is 11.8 Å². The van der Waals surface area contributed by atoms with Gasteiger partial charge in [-0.15, -0.1) is 10.2 Å². The van der Waals surface area contributed by atoms with E-state index in [0.29, 0.717) is 13.1 Å². The zero-order chi connectivity index (χ0) is 19.8. The normalized spacial score (nSPS) is 14.5. The SMILES string of the molecule is CCNC(=NCc1ccc(F)cc1CSC)NCc1nnc2n1CCCCC2. The Kier molecular flexibility index (Phi) is 7.71. The topological polar surface area (TPSA) is 67.1 Å². The number of hydrogen-bond donors (Lipinski definition) is 2. The minimum absolute atomic E-state index is 0.200. The number of guanidine groups is 1. The van der Waals surface area contributed by atoms with Crippen LogP contribution < -0.4 is 10.6 Å². The van der Waals surface area contributed by atoms with Crippen molar-refractivity contribution in [3.05, 3.63) is 46.8 Å². The monoisotopic (exact) mass is 404 g/mol. The molecule has 0 aliphatic carbocycles. The first kappa shape index (κ1) is 20.6. The predicted molar refractivity (Wildman–Crippen MR) is 113 cm³/mol. The molecule has 1 aromatic carbocycles. The first-order chi connectivity index (χ1) is 13.7. The number of aryl methyl sites for hydroxylation is 1. The molecular formula is C20H29FN6S. The Hall–Kier alpha value is -2.09. The molecule has 0 atom stereocenters. The van der Waals surface area contributed by atoms with Crippen LogP contribution in [0.15, 0.2) is 23.2 Å². The second-order valence-corrected chi connectivity index (χ2v) is 7.76. The molecule has 28 heavy (non-hydrogen) atoms. The summed E-state index contributed by atoms with van der Waals surface area (Å²) in [5.41, 5.74) is 2.04. The van der Waals surface area contributed by atoms with Gasteiger partial charge in [0.1, 0.15) is 11.6 Å². The maximum absolute atomic E-state index is 13.5. The molecule has 0 radical (unpaired) electrons. The van der Waals surface area contributed by atoms with Crippen molar-refractivity contribution in [2.45, 2.75) is 58.0 Å². The van der Waals surface area contributed by atoms with Crippen LogP contribution in [0.5, 0.6) is 0 Å². The Balaban J connectivity index is 1.68. The Bertz CT molecular complexity index is 804. The smallest absolute Gasteiger partial charge is 0.191 e. The lowest BCUT2D eigenvalue weighted by atomic mass is 10.1. The van der Waals surface area contributed by atoms with Gasteiger partial charge in [-0.05, 0) is 49.3 Å². The van der Waals surface area contributed by atoms with Gasteiger partial charge in [0.2, 0.25) is 0 Å². The van der Waals surface area contributed by atoms with E-state index in [1.165, 1.54) is 25.3 Å². The van der Waals surface area contributed by atoms with E-state index < -0.39 is 0 Å². The fourth-order valence-corrected chi connectivity index (χ4v) is 3.96. The third-order valence-electron chi connectivity index (χ3n) is 4.82. The van der Waals surface area contributed by atoms with Crippen LogP contribution in [-0.4, -0.2) is 33.5 Å². The summed E-state index contributed by atoms with van der Waals surface area (Å²) < 4.78 is 15.8. The van der Waals surface area contributed by atoms with Gasteiger partial charge in [0.15, 0.2) is 11.8 Å². The second-order valence-electron chi connectivity index (χ2n) is 6.89. The molecule has 2 aromatic rings. The number of hydrogen-bond acceptors (Lipinski definition) is 4. The largest absolute Gasteiger partial charge is 0.357 e. The van der Waals surface area contributed by atoms with Gasteiger partial charge in [0.25, 0.3) is 0 Å². The summed E-state index contributed by atoms with van der Waals surface area (Å²) in [6.07, 6.45) is 6.63. The number of nitrogens with one attached hydrogen (secondary N) is 2. The van der Waals surface area contributed by atoms with Crippen molar-refractivity contribution in [1.29, 1.82) is 0 Å². The summed E-state index contributed by atoms with van der Waals surface area (Å²) in [7, 11) is 0. The van der Waals surface area contributed by atoms with Crippen molar-refractivity contribution in [1.82, 2.24) is 25.4 Å². The molecule has 8 heteroatoms. The van der Waals surface area contributed by atoms with Crippen LogP contribution in [0.3, 0.4) is 0 Å². The second kappa shape index (κ2) is 10.5. The van der Waals surface area contributed by atoms with Crippen LogP contribution in [0, 0.1) is 5.82 Å². The lowest BCUT2D eigenvalue weighted by Crippen LogP contribution is -2.37. The van der Waals surface area contributed by atoms with Crippen molar-refractivity contribution >= 4 is 17.7 Å². The van der Waals surface area contributed by atoms with Crippen molar-refractivity contribution in [2.75, 3.05) is 12.8 Å². The highest BCUT2D eigenvalue weighted by molar-refractivity contribution is 7.97. The van der Waals surface area contributed by atoms with Gasteiger partial charge in [-0.1, -0.05) is 12.5 Å². The molecule has 0 saturated heterocycles. The first-order valence-electron chi connectivity index (χ1n) is 9.90. The number of thioether (sulfide) groups is 1. The lowest BCUT2D eigenvalue weighted by molar-refractivity contribution is 0.596. The van der Waals surface area contributed by atoms with Gasteiger partial charge in [-0.2, -0.15) is 11.8 Å². The van der Waals surface area contributed by atoms with Crippen molar-refractivity contribution in [2.24, 2.45) is 4.99 Å². The van der Waals surface area contributed by atoms with Crippen LogP contribution in [0.2, 0.25) is 0 Å². The molecule has 1 aliphatic heterocycles. The Morgan fingerprint density at radius 2 is 2.11 bits per heavy atom. The fraction of sp³-hybridized carbons (Fsp3) is 0.550. The average Bonchev–Trinajstić information content (AvgIpc) is 2.91. The minimum atomic E-state index is -0.200. The number of halogens is 1. The van der Waals surface area contributed by atoms with Crippen molar-refractivity contribution in [3.8, 4) is 0 Å². The molecule has 6 nitrogen and oxygen atoms in total. The predicted octanol–water partition coefficient (Wildman–Crippen LogP) is 3.26. The van der Waals surface area contributed by atoms with Gasteiger partial charge in [0.05, 0.1) is 13.1 Å². The summed E-state index contributed by atoms with van der Waals surface area (Å²) >= 11 is 1.68. The van der Waals surface area contributed by atoms with Crippen molar-refractivity contribution in [3.63, 3.8) is 0 Å². The maximum Gasteiger partial charge on any atom is 0.191 e. The van der Waals surface area contributed by atoms with Gasteiger partial charge >= 0.3 is 0 Å². The molecule has 152 valence electrons. The highest BCUT2D eigenvalue weighted by atomic mass is 32.2. The van der Waals surface area contributed by atoms with Gasteiger partial charge in [0, 0.05) is 25.3 Å². The molecular weight excluding hydrogens is 375 g/mol. The first-order valence-corrected chi connectivity index (χ1v) is 11.3. The fourth-order valence-electron chi connectivity index (χ4n) is 3.38. The van der Waals surface area contributed by atoms with Crippen molar-refractivity contribution < 1.29 is 4.39 Å². The third kappa shape index (κ3) is 5.47.